The molecule has 0 spiro atoms. The molecule has 1 saturated carbocycles. The number of esters is 1. The van der Waals surface area contributed by atoms with E-state index in [0.29, 0.717) is 51.2 Å². The average molecular weight is 738 g/mol. The minimum Gasteiger partial charge on any atom is -0.489 e. The largest absolute Gasteiger partial charge is 0.489 e. The van der Waals surface area contributed by atoms with Gasteiger partial charge in [0.15, 0.2) is 0 Å². The molecule has 0 radical (unpaired) electrons. The fourth-order valence-electron chi connectivity index (χ4n) is 7.15. The molecule has 0 aromatic heterocycles. The van der Waals surface area contributed by atoms with Crippen molar-refractivity contribution in [1.29, 1.82) is 0 Å². The predicted octanol–water partition coefficient (Wildman–Crippen LogP) is 9.31. The highest BCUT2D eigenvalue weighted by Crippen LogP contribution is 2.41. The average Bonchev–Trinajstić information content (AvgIpc) is 3.06. The third-order valence-corrected chi connectivity index (χ3v) is 10.6. The van der Waals surface area contributed by atoms with E-state index in [4.69, 9.17) is 42.1 Å². The number of hydrogen-bond acceptors (Lipinski definition) is 7. The molecule has 0 unspecified atom stereocenters. The Morgan fingerprint density at radius 1 is 1.00 bits per heavy atom. The van der Waals surface area contributed by atoms with Gasteiger partial charge in [0, 0.05) is 12.0 Å². The van der Waals surface area contributed by atoms with E-state index in [1.165, 1.54) is 4.90 Å². The zero-order valence-electron chi connectivity index (χ0n) is 30.0. The van der Waals surface area contributed by atoms with E-state index in [9.17, 15) is 14.4 Å². The van der Waals surface area contributed by atoms with Crippen LogP contribution >= 0.6 is 23.2 Å². The molecule has 0 bridgehead atoms. The lowest BCUT2D eigenvalue weighted by atomic mass is 9.75. The van der Waals surface area contributed by atoms with Crippen LogP contribution in [0, 0.1) is 17.8 Å². The van der Waals surface area contributed by atoms with Crippen molar-refractivity contribution in [1.82, 2.24) is 4.90 Å². The minimum absolute atomic E-state index is 0.124. The fourth-order valence-corrected chi connectivity index (χ4v) is 7.47. The number of carbonyl (C=O) groups is 3. The number of nitrogens with zero attached hydrogens (tertiary/aromatic N) is 1. The Bertz CT molecular complexity index is 1790. The molecule has 3 aromatic rings. The summed E-state index contributed by atoms with van der Waals surface area (Å²) in [5.41, 5.74) is 2.90. The van der Waals surface area contributed by atoms with E-state index >= 15 is 0 Å². The van der Waals surface area contributed by atoms with Gasteiger partial charge in [-0.25, -0.2) is 9.59 Å². The standard InChI is InChI=1S/C40H46Cl2N2O7/c1-22(2)29-13-7-23(3)15-34(29)50-38(46)33-18-26-17-32-35(19-27(26)20-44(33)39(47)51-40(4,5)6)49-36(37(45)43-32)25-9-11-28(12-10-25)48-21-24-8-14-30(41)31(42)16-24/h8-12,14,16-17,19,22-23,29,33-34,36H,7,13,15,18,20-21H2,1-6H3,(H,43,45)/t23-,29+,33+,34-,36-/m1/s1. The lowest BCUT2D eigenvalue weighted by Crippen LogP contribution is -2.52. The van der Waals surface area contributed by atoms with Crippen molar-refractivity contribution in [2.45, 2.75) is 104 Å². The molecule has 5 atom stereocenters. The number of ether oxygens (including phenoxy) is 4. The number of anilines is 1. The van der Waals surface area contributed by atoms with Gasteiger partial charge in [-0.2, -0.15) is 0 Å². The van der Waals surface area contributed by atoms with E-state index < -0.39 is 29.8 Å². The molecule has 3 aliphatic rings. The Balaban J connectivity index is 1.20. The predicted molar refractivity (Wildman–Crippen MR) is 196 cm³/mol. The molecule has 2 aliphatic heterocycles. The molecule has 2 amide bonds. The van der Waals surface area contributed by atoms with Crippen molar-refractivity contribution >= 4 is 46.9 Å². The highest BCUT2D eigenvalue weighted by molar-refractivity contribution is 6.42. The van der Waals surface area contributed by atoms with Crippen molar-refractivity contribution < 1.29 is 33.3 Å². The summed E-state index contributed by atoms with van der Waals surface area (Å²) in [5.74, 6) is 1.43. The van der Waals surface area contributed by atoms with Crippen LogP contribution in [0.2, 0.25) is 10.0 Å². The van der Waals surface area contributed by atoms with Gasteiger partial charge in [-0.1, -0.05) is 68.6 Å². The summed E-state index contributed by atoms with van der Waals surface area (Å²) >= 11 is 12.1. The number of fused-ring (bicyclic) bond motifs is 2. The van der Waals surface area contributed by atoms with E-state index in [-0.39, 0.29) is 30.9 Å². The summed E-state index contributed by atoms with van der Waals surface area (Å²) in [6.45, 7) is 12.3. The van der Waals surface area contributed by atoms with Gasteiger partial charge in [0.1, 0.15) is 35.9 Å². The van der Waals surface area contributed by atoms with Gasteiger partial charge in [-0.05, 0) is 104 Å². The van der Waals surface area contributed by atoms with Crippen LogP contribution in [0.4, 0.5) is 10.5 Å². The molecular formula is C40H46Cl2N2O7. The van der Waals surface area contributed by atoms with Crippen LogP contribution in [-0.4, -0.2) is 40.6 Å². The number of benzene rings is 3. The summed E-state index contributed by atoms with van der Waals surface area (Å²) < 4.78 is 24.2. The third kappa shape index (κ3) is 8.58. The molecule has 9 nitrogen and oxygen atoms in total. The molecule has 11 heteroatoms. The zero-order valence-corrected chi connectivity index (χ0v) is 31.5. The first-order chi connectivity index (χ1) is 24.1. The molecule has 1 aliphatic carbocycles. The van der Waals surface area contributed by atoms with Gasteiger partial charge in [-0.15, -0.1) is 0 Å². The number of carbonyl (C=O) groups excluding carboxylic acids is 3. The van der Waals surface area contributed by atoms with E-state index in [2.05, 4.69) is 26.1 Å². The van der Waals surface area contributed by atoms with Crippen molar-refractivity contribution in [2.24, 2.45) is 17.8 Å². The van der Waals surface area contributed by atoms with Crippen LogP contribution in [0.25, 0.3) is 0 Å². The lowest BCUT2D eigenvalue weighted by Gasteiger charge is -2.40. The number of rotatable bonds is 7. The number of halogens is 2. The molecule has 51 heavy (non-hydrogen) atoms. The normalized spacial score (nSPS) is 23.0. The van der Waals surface area contributed by atoms with Crippen LogP contribution in [-0.2, 0) is 38.6 Å². The molecular weight excluding hydrogens is 691 g/mol. The topological polar surface area (TPSA) is 103 Å². The second kappa shape index (κ2) is 15.0. The Labute approximate surface area is 309 Å². The Hall–Kier alpha value is -3.95. The van der Waals surface area contributed by atoms with Crippen molar-refractivity contribution in [3.63, 3.8) is 0 Å². The fraction of sp³-hybridized carbons (Fsp3) is 0.475. The van der Waals surface area contributed by atoms with E-state index in [1.807, 2.05) is 18.2 Å². The number of hydrogen-bond donors (Lipinski definition) is 1. The van der Waals surface area contributed by atoms with E-state index in [0.717, 1.165) is 36.0 Å². The molecule has 2 heterocycles. The lowest BCUT2D eigenvalue weighted by molar-refractivity contribution is -0.162. The smallest absolute Gasteiger partial charge is 0.411 e. The third-order valence-electron chi connectivity index (χ3n) is 9.87. The second-order valence-electron chi connectivity index (χ2n) is 15.3. The van der Waals surface area contributed by atoms with Gasteiger partial charge in [0.25, 0.3) is 5.91 Å². The molecule has 0 saturated heterocycles. The number of nitrogens with one attached hydrogen (secondary N) is 1. The van der Waals surface area contributed by atoms with Crippen molar-refractivity contribution in [3.05, 3.63) is 86.9 Å². The van der Waals surface area contributed by atoms with Crippen LogP contribution in [0.5, 0.6) is 11.5 Å². The zero-order chi connectivity index (χ0) is 36.6. The monoisotopic (exact) mass is 736 g/mol. The summed E-state index contributed by atoms with van der Waals surface area (Å²) in [6.07, 6.45) is 1.44. The van der Waals surface area contributed by atoms with Crippen LogP contribution in [0.3, 0.4) is 0 Å². The maximum atomic E-state index is 13.9. The Kier molecular flexibility index (Phi) is 10.8. The SMILES string of the molecule is CC(C)[C@@H]1CC[C@@H](C)C[C@H]1OC(=O)[C@@H]1Cc2cc3c(cc2CN1C(=O)OC(C)(C)C)O[C@H](c1ccc(OCc2ccc(Cl)c(Cl)c2)cc1)C(=O)N3. The van der Waals surface area contributed by atoms with Gasteiger partial charge in [0.2, 0.25) is 6.10 Å². The Morgan fingerprint density at radius 3 is 2.43 bits per heavy atom. The van der Waals surface area contributed by atoms with Gasteiger partial charge >= 0.3 is 12.1 Å². The van der Waals surface area contributed by atoms with E-state index in [1.54, 1.807) is 57.2 Å². The summed E-state index contributed by atoms with van der Waals surface area (Å²) in [6, 6.07) is 15.3. The highest BCUT2D eigenvalue weighted by atomic mass is 35.5. The summed E-state index contributed by atoms with van der Waals surface area (Å²) in [7, 11) is 0. The molecule has 272 valence electrons. The maximum absolute atomic E-state index is 13.9. The molecule has 3 aromatic carbocycles. The van der Waals surface area contributed by atoms with Gasteiger partial charge in [0.05, 0.1) is 22.3 Å². The van der Waals surface area contributed by atoms with Crippen molar-refractivity contribution in [2.75, 3.05) is 5.32 Å². The maximum Gasteiger partial charge on any atom is 0.411 e. The van der Waals surface area contributed by atoms with Crippen molar-refractivity contribution in [3.8, 4) is 11.5 Å². The molecule has 6 rings (SSSR count). The Morgan fingerprint density at radius 2 is 1.75 bits per heavy atom. The summed E-state index contributed by atoms with van der Waals surface area (Å²) in [5, 5.41) is 3.92. The van der Waals surface area contributed by atoms with Crippen LogP contribution in [0.15, 0.2) is 54.6 Å². The van der Waals surface area contributed by atoms with Gasteiger partial charge in [-0.3, -0.25) is 9.69 Å². The van der Waals surface area contributed by atoms with Crippen LogP contribution in [0.1, 0.15) is 89.2 Å². The minimum atomic E-state index is -0.903. The molecule has 1 N–H and O–H groups in total. The highest BCUT2D eigenvalue weighted by Gasteiger charge is 2.42. The first-order valence-electron chi connectivity index (χ1n) is 17.6. The molecule has 1 fully saturated rings. The van der Waals surface area contributed by atoms with Crippen LogP contribution < -0.4 is 14.8 Å². The van der Waals surface area contributed by atoms with Gasteiger partial charge < -0.3 is 24.3 Å². The summed E-state index contributed by atoms with van der Waals surface area (Å²) in [4.78, 5) is 42.3. The second-order valence-corrected chi connectivity index (χ2v) is 16.2. The number of amides is 2. The quantitative estimate of drug-likeness (QED) is 0.241. The first kappa shape index (κ1) is 36.8. The first-order valence-corrected chi connectivity index (χ1v) is 18.4.